The summed E-state index contributed by atoms with van der Waals surface area (Å²) >= 11 is 6.27. The number of amides is 1. The molecule has 5 rings (SSSR count). The van der Waals surface area contributed by atoms with Crippen LogP contribution < -0.4 is 0 Å². The number of carbonyl (C=O) groups is 1. The molecule has 1 aliphatic rings. The van der Waals surface area contributed by atoms with E-state index in [1.165, 1.54) is 0 Å². The molecular formula is C24H23ClN4O2. The van der Waals surface area contributed by atoms with E-state index < -0.39 is 0 Å². The van der Waals surface area contributed by atoms with Crippen molar-refractivity contribution in [3.8, 4) is 0 Å². The monoisotopic (exact) mass is 434 g/mol. The van der Waals surface area contributed by atoms with Gasteiger partial charge in [-0.1, -0.05) is 35.9 Å². The molecule has 1 saturated heterocycles. The molecule has 1 fully saturated rings. The molecule has 0 aliphatic carbocycles. The first kappa shape index (κ1) is 19.8. The molecule has 0 saturated carbocycles. The third kappa shape index (κ3) is 3.95. The molecule has 1 aliphatic heterocycles. The van der Waals surface area contributed by atoms with E-state index in [0.29, 0.717) is 24.6 Å². The number of hydrogen-bond acceptors (Lipinski definition) is 4. The molecule has 1 aromatic carbocycles. The Bertz CT molecular complexity index is 1250. The topological polar surface area (TPSA) is 63.6 Å². The average molecular weight is 435 g/mol. The standard InChI is InChI=1S/C24H23ClN4O2/c1-16-6-4-10-28-15-21(27-22(16)28)24(30)29-11-5-8-18(14-29)23-26-13-19(31-23)12-17-7-2-3-9-20(17)25/h2-4,6-7,9-10,13,15,18H,5,8,11-12,14H2,1H3. The van der Waals surface area contributed by atoms with Crippen molar-refractivity contribution in [2.24, 2.45) is 0 Å². The van der Waals surface area contributed by atoms with Crippen LogP contribution in [0, 0.1) is 6.92 Å². The number of halogens is 1. The lowest BCUT2D eigenvalue weighted by atomic mass is 9.98. The van der Waals surface area contributed by atoms with Crippen molar-refractivity contribution in [3.05, 3.63) is 88.5 Å². The molecule has 7 heteroatoms. The van der Waals surface area contributed by atoms with E-state index >= 15 is 0 Å². The molecule has 158 valence electrons. The van der Waals surface area contributed by atoms with E-state index in [0.717, 1.165) is 46.9 Å². The van der Waals surface area contributed by atoms with Crippen molar-refractivity contribution in [2.45, 2.75) is 32.1 Å². The smallest absolute Gasteiger partial charge is 0.274 e. The molecule has 0 bridgehead atoms. The van der Waals surface area contributed by atoms with Crippen molar-refractivity contribution in [3.63, 3.8) is 0 Å². The van der Waals surface area contributed by atoms with Crippen molar-refractivity contribution in [1.29, 1.82) is 0 Å². The van der Waals surface area contributed by atoms with Gasteiger partial charge in [-0.3, -0.25) is 4.79 Å². The van der Waals surface area contributed by atoms with Crippen LogP contribution in [0.4, 0.5) is 0 Å². The Morgan fingerprint density at radius 3 is 2.97 bits per heavy atom. The van der Waals surface area contributed by atoms with Gasteiger partial charge < -0.3 is 13.7 Å². The van der Waals surface area contributed by atoms with E-state index in [1.807, 2.05) is 58.8 Å². The van der Waals surface area contributed by atoms with E-state index in [1.54, 1.807) is 12.4 Å². The Labute approximate surface area is 185 Å². The normalized spacial score (nSPS) is 16.7. The van der Waals surface area contributed by atoms with Crippen LogP contribution in [-0.2, 0) is 6.42 Å². The van der Waals surface area contributed by atoms with Gasteiger partial charge in [0.15, 0.2) is 5.89 Å². The SMILES string of the molecule is Cc1cccn2cc(C(=O)N3CCCC(c4ncc(Cc5ccccc5Cl)o4)C3)nc12. The summed E-state index contributed by atoms with van der Waals surface area (Å²) in [6.07, 6.45) is 7.94. The van der Waals surface area contributed by atoms with E-state index in [9.17, 15) is 4.79 Å². The van der Waals surface area contributed by atoms with Gasteiger partial charge in [0.1, 0.15) is 17.1 Å². The molecule has 4 aromatic rings. The van der Waals surface area contributed by atoms with Crippen LogP contribution in [0.5, 0.6) is 0 Å². The summed E-state index contributed by atoms with van der Waals surface area (Å²) in [5.41, 5.74) is 3.34. The summed E-state index contributed by atoms with van der Waals surface area (Å²) in [6, 6.07) is 11.7. The third-order valence-corrected chi connectivity index (χ3v) is 6.22. The Balaban J connectivity index is 1.31. The van der Waals surface area contributed by atoms with Crippen LogP contribution in [0.3, 0.4) is 0 Å². The maximum absolute atomic E-state index is 13.1. The second-order valence-corrected chi connectivity index (χ2v) is 8.48. The highest BCUT2D eigenvalue weighted by Gasteiger charge is 2.29. The van der Waals surface area contributed by atoms with Crippen LogP contribution in [0.15, 0.2) is 59.4 Å². The Kier molecular flexibility index (Phi) is 5.24. The molecule has 0 spiro atoms. The number of oxazole rings is 1. The van der Waals surface area contributed by atoms with Gasteiger partial charge >= 0.3 is 0 Å². The van der Waals surface area contributed by atoms with Crippen molar-refractivity contribution >= 4 is 23.2 Å². The number of rotatable bonds is 4. The molecule has 31 heavy (non-hydrogen) atoms. The van der Waals surface area contributed by atoms with Crippen molar-refractivity contribution in [1.82, 2.24) is 19.3 Å². The van der Waals surface area contributed by atoms with E-state index in [-0.39, 0.29) is 11.8 Å². The lowest BCUT2D eigenvalue weighted by Crippen LogP contribution is -2.39. The number of aromatic nitrogens is 3. The Hall–Kier alpha value is -3.12. The van der Waals surface area contributed by atoms with Crippen molar-refractivity contribution < 1.29 is 9.21 Å². The van der Waals surface area contributed by atoms with Crippen LogP contribution >= 0.6 is 11.6 Å². The van der Waals surface area contributed by atoms with Gasteiger partial charge in [-0.15, -0.1) is 0 Å². The summed E-state index contributed by atoms with van der Waals surface area (Å²) in [4.78, 5) is 24.1. The number of imidazole rings is 1. The molecule has 1 atom stereocenters. The molecule has 3 aromatic heterocycles. The summed E-state index contributed by atoms with van der Waals surface area (Å²) in [7, 11) is 0. The Morgan fingerprint density at radius 1 is 1.26 bits per heavy atom. The maximum Gasteiger partial charge on any atom is 0.274 e. The quantitative estimate of drug-likeness (QED) is 0.458. The van der Waals surface area contributed by atoms with Crippen LogP contribution in [0.2, 0.25) is 5.02 Å². The minimum absolute atomic E-state index is 0.0457. The molecule has 1 amide bonds. The fourth-order valence-electron chi connectivity index (χ4n) is 4.20. The number of aryl methyl sites for hydroxylation is 1. The molecule has 0 radical (unpaired) electrons. The maximum atomic E-state index is 13.1. The number of piperidine rings is 1. The van der Waals surface area contributed by atoms with E-state index in [2.05, 4.69) is 9.97 Å². The van der Waals surface area contributed by atoms with Gasteiger partial charge in [-0.2, -0.15) is 0 Å². The van der Waals surface area contributed by atoms with Crippen molar-refractivity contribution in [2.75, 3.05) is 13.1 Å². The van der Waals surface area contributed by atoms with Gasteiger partial charge in [0.2, 0.25) is 0 Å². The molecule has 1 unspecified atom stereocenters. The number of hydrogen-bond donors (Lipinski definition) is 0. The summed E-state index contributed by atoms with van der Waals surface area (Å²) < 4.78 is 7.95. The molecule has 4 heterocycles. The van der Waals surface area contributed by atoms with Gasteiger partial charge in [-0.05, 0) is 43.0 Å². The zero-order valence-corrected chi connectivity index (χ0v) is 18.0. The van der Waals surface area contributed by atoms with Crippen LogP contribution in [0.25, 0.3) is 5.65 Å². The summed E-state index contributed by atoms with van der Waals surface area (Å²) in [5.74, 6) is 1.50. The fourth-order valence-corrected chi connectivity index (χ4v) is 4.41. The van der Waals surface area contributed by atoms with Gasteiger partial charge in [0, 0.05) is 36.9 Å². The number of fused-ring (bicyclic) bond motifs is 1. The number of benzene rings is 1. The number of likely N-dealkylation sites (tertiary alicyclic amines) is 1. The highest BCUT2D eigenvalue weighted by Crippen LogP contribution is 2.29. The largest absolute Gasteiger partial charge is 0.445 e. The first-order valence-electron chi connectivity index (χ1n) is 10.5. The van der Waals surface area contributed by atoms with E-state index in [4.69, 9.17) is 16.0 Å². The van der Waals surface area contributed by atoms with Gasteiger partial charge in [-0.25, -0.2) is 9.97 Å². The highest BCUT2D eigenvalue weighted by molar-refractivity contribution is 6.31. The lowest BCUT2D eigenvalue weighted by molar-refractivity contribution is 0.0692. The minimum atomic E-state index is -0.0457. The highest BCUT2D eigenvalue weighted by atomic mass is 35.5. The fraction of sp³-hybridized carbons (Fsp3) is 0.292. The average Bonchev–Trinajstić information content (AvgIpc) is 3.43. The lowest BCUT2D eigenvalue weighted by Gasteiger charge is -2.30. The summed E-state index contributed by atoms with van der Waals surface area (Å²) in [6.45, 7) is 3.30. The Morgan fingerprint density at radius 2 is 2.13 bits per heavy atom. The third-order valence-electron chi connectivity index (χ3n) is 5.85. The second kappa shape index (κ2) is 8.19. The van der Waals surface area contributed by atoms with Crippen LogP contribution in [-0.4, -0.2) is 38.3 Å². The van der Waals surface area contributed by atoms with Gasteiger partial charge in [0.25, 0.3) is 5.91 Å². The molecular weight excluding hydrogens is 412 g/mol. The number of pyridine rings is 1. The first-order valence-corrected chi connectivity index (χ1v) is 10.9. The van der Waals surface area contributed by atoms with Gasteiger partial charge in [0.05, 0.1) is 12.1 Å². The zero-order chi connectivity index (χ0) is 21.4. The minimum Gasteiger partial charge on any atom is -0.445 e. The predicted octanol–water partition coefficient (Wildman–Crippen LogP) is 4.89. The number of nitrogens with zero attached hydrogens (tertiary/aromatic N) is 4. The first-order chi connectivity index (χ1) is 15.1. The van der Waals surface area contributed by atoms with Crippen LogP contribution in [0.1, 0.15) is 52.0 Å². The number of carbonyl (C=O) groups excluding carboxylic acids is 1. The molecule has 6 nitrogen and oxygen atoms in total. The zero-order valence-electron chi connectivity index (χ0n) is 17.3. The molecule has 0 N–H and O–H groups in total. The summed E-state index contributed by atoms with van der Waals surface area (Å²) in [5, 5.41) is 0.720. The second-order valence-electron chi connectivity index (χ2n) is 8.07. The predicted molar refractivity (Wildman–Crippen MR) is 119 cm³/mol.